The molecule has 0 N–H and O–H groups in total. The highest BCUT2D eigenvalue weighted by Gasteiger charge is 2.22. The van der Waals surface area contributed by atoms with Gasteiger partial charge in [0.1, 0.15) is 0 Å². The summed E-state index contributed by atoms with van der Waals surface area (Å²) in [5, 5.41) is 0. The summed E-state index contributed by atoms with van der Waals surface area (Å²) in [7, 11) is 0. The highest BCUT2D eigenvalue weighted by Crippen LogP contribution is 2.14. The van der Waals surface area contributed by atoms with Crippen molar-refractivity contribution in [3.8, 4) is 0 Å². The monoisotopic (exact) mass is 308 g/mol. The Hall–Kier alpha value is -2.13. The van der Waals surface area contributed by atoms with Gasteiger partial charge >= 0.3 is 0 Å². The van der Waals surface area contributed by atoms with Crippen molar-refractivity contribution >= 4 is 5.91 Å². The summed E-state index contributed by atoms with van der Waals surface area (Å²) in [5.41, 5.74) is 4.45. The lowest BCUT2D eigenvalue weighted by molar-refractivity contribution is 0.0628. The minimum absolute atomic E-state index is 0.163. The number of hydrogen-bond acceptors (Lipinski definition) is 2. The molecule has 120 valence electrons. The van der Waals surface area contributed by atoms with Crippen LogP contribution in [0.2, 0.25) is 0 Å². The van der Waals surface area contributed by atoms with E-state index < -0.39 is 0 Å². The molecule has 1 fully saturated rings. The molecule has 0 aromatic heterocycles. The van der Waals surface area contributed by atoms with Gasteiger partial charge in [0.2, 0.25) is 0 Å². The molecule has 3 heteroatoms. The van der Waals surface area contributed by atoms with Crippen LogP contribution < -0.4 is 0 Å². The largest absolute Gasteiger partial charge is 0.336 e. The van der Waals surface area contributed by atoms with Gasteiger partial charge in [0.25, 0.3) is 5.91 Å². The summed E-state index contributed by atoms with van der Waals surface area (Å²) in [5.74, 6) is 0.163. The number of nitrogens with zero attached hydrogens (tertiary/aromatic N) is 2. The van der Waals surface area contributed by atoms with Crippen LogP contribution in [0.3, 0.4) is 0 Å². The second-order valence-corrected chi connectivity index (χ2v) is 6.43. The van der Waals surface area contributed by atoms with E-state index in [1.807, 2.05) is 36.9 Å². The molecule has 2 aromatic rings. The Balaban J connectivity index is 1.59. The predicted octanol–water partition coefficient (Wildman–Crippen LogP) is 3.26. The topological polar surface area (TPSA) is 23.6 Å². The predicted molar refractivity (Wildman–Crippen MR) is 93.5 cm³/mol. The van der Waals surface area contributed by atoms with Crippen molar-refractivity contribution < 1.29 is 4.79 Å². The molecule has 1 amide bonds. The zero-order valence-corrected chi connectivity index (χ0v) is 14.0. The van der Waals surface area contributed by atoms with Crippen molar-refractivity contribution in [3.63, 3.8) is 0 Å². The SMILES string of the molecule is Cc1cc(C)cc(C(=O)N2CCN(Cc3ccccc3)CC2)c1. The van der Waals surface area contributed by atoms with E-state index in [0.29, 0.717) is 0 Å². The van der Waals surface area contributed by atoms with Gasteiger partial charge in [-0.3, -0.25) is 9.69 Å². The van der Waals surface area contributed by atoms with Crippen LogP contribution in [-0.2, 0) is 6.54 Å². The Morgan fingerprint density at radius 3 is 2.13 bits per heavy atom. The number of benzene rings is 2. The van der Waals surface area contributed by atoms with Crippen molar-refractivity contribution in [2.24, 2.45) is 0 Å². The standard InChI is InChI=1S/C20H24N2O/c1-16-12-17(2)14-19(13-16)20(23)22-10-8-21(9-11-22)15-18-6-4-3-5-7-18/h3-7,12-14H,8-11,15H2,1-2H3. The first-order valence-corrected chi connectivity index (χ1v) is 8.26. The van der Waals surface area contributed by atoms with Gasteiger partial charge in [0, 0.05) is 38.3 Å². The van der Waals surface area contributed by atoms with E-state index >= 15 is 0 Å². The third-order valence-corrected chi connectivity index (χ3v) is 4.38. The van der Waals surface area contributed by atoms with E-state index in [-0.39, 0.29) is 5.91 Å². The van der Waals surface area contributed by atoms with Crippen molar-refractivity contribution in [1.29, 1.82) is 0 Å². The fourth-order valence-corrected chi connectivity index (χ4v) is 3.23. The molecule has 2 aromatic carbocycles. The first kappa shape index (κ1) is 15.8. The van der Waals surface area contributed by atoms with E-state index in [4.69, 9.17) is 0 Å². The summed E-state index contributed by atoms with van der Waals surface area (Å²) in [6, 6.07) is 16.6. The molecular formula is C20H24N2O. The number of rotatable bonds is 3. The Morgan fingerprint density at radius 1 is 0.913 bits per heavy atom. The van der Waals surface area contributed by atoms with E-state index in [9.17, 15) is 4.79 Å². The molecule has 0 radical (unpaired) electrons. The van der Waals surface area contributed by atoms with Crippen LogP contribution in [-0.4, -0.2) is 41.9 Å². The molecule has 1 saturated heterocycles. The molecule has 0 atom stereocenters. The van der Waals surface area contributed by atoms with Crippen LogP contribution in [0.25, 0.3) is 0 Å². The fourth-order valence-electron chi connectivity index (χ4n) is 3.23. The van der Waals surface area contributed by atoms with Crippen LogP contribution in [0.1, 0.15) is 27.0 Å². The Bertz CT molecular complexity index is 653. The number of piperazine rings is 1. The third kappa shape index (κ3) is 3.99. The van der Waals surface area contributed by atoms with Crippen molar-refractivity contribution in [3.05, 3.63) is 70.8 Å². The molecule has 1 heterocycles. The highest BCUT2D eigenvalue weighted by molar-refractivity contribution is 5.94. The van der Waals surface area contributed by atoms with E-state index in [1.165, 1.54) is 5.56 Å². The highest BCUT2D eigenvalue weighted by atomic mass is 16.2. The van der Waals surface area contributed by atoms with Crippen LogP contribution in [0.15, 0.2) is 48.5 Å². The van der Waals surface area contributed by atoms with Gasteiger partial charge in [-0.15, -0.1) is 0 Å². The molecule has 0 saturated carbocycles. The Morgan fingerprint density at radius 2 is 1.52 bits per heavy atom. The quantitative estimate of drug-likeness (QED) is 0.869. The lowest BCUT2D eigenvalue weighted by Gasteiger charge is -2.35. The van der Waals surface area contributed by atoms with Gasteiger partial charge in [-0.2, -0.15) is 0 Å². The maximum absolute atomic E-state index is 12.7. The molecule has 0 bridgehead atoms. The summed E-state index contributed by atoms with van der Waals surface area (Å²) in [6.07, 6.45) is 0. The lowest BCUT2D eigenvalue weighted by atomic mass is 10.1. The van der Waals surface area contributed by atoms with Crippen molar-refractivity contribution in [1.82, 2.24) is 9.80 Å². The second kappa shape index (κ2) is 6.97. The second-order valence-electron chi connectivity index (χ2n) is 6.43. The van der Waals surface area contributed by atoms with E-state index in [1.54, 1.807) is 0 Å². The Kier molecular flexibility index (Phi) is 4.77. The molecule has 1 aliphatic rings. The zero-order valence-electron chi connectivity index (χ0n) is 14.0. The van der Waals surface area contributed by atoms with Crippen LogP contribution in [0, 0.1) is 13.8 Å². The molecule has 1 aliphatic heterocycles. The van der Waals surface area contributed by atoms with Crippen LogP contribution >= 0.6 is 0 Å². The smallest absolute Gasteiger partial charge is 0.253 e. The van der Waals surface area contributed by atoms with Crippen molar-refractivity contribution in [2.45, 2.75) is 20.4 Å². The average Bonchev–Trinajstić information content (AvgIpc) is 2.55. The number of carbonyl (C=O) groups is 1. The van der Waals surface area contributed by atoms with Gasteiger partial charge in [0.15, 0.2) is 0 Å². The van der Waals surface area contributed by atoms with Gasteiger partial charge in [-0.25, -0.2) is 0 Å². The minimum atomic E-state index is 0.163. The summed E-state index contributed by atoms with van der Waals surface area (Å²) >= 11 is 0. The minimum Gasteiger partial charge on any atom is -0.336 e. The first-order valence-electron chi connectivity index (χ1n) is 8.26. The van der Waals surface area contributed by atoms with E-state index in [0.717, 1.165) is 49.4 Å². The van der Waals surface area contributed by atoms with Gasteiger partial charge in [0.05, 0.1) is 0 Å². The number of aryl methyl sites for hydroxylation is 2. The van der Waals surface area contributed by atoms with Crippen LogP contribution in [0.4, 0.5) is 0 Å². The summed E-state index contributed by atoms with van der Waals surface area (Å²) in [4.78, 5) is 17.1. The zero-order chi connectivity index (χ0) is 16.2. The normalized spacial score (nSPS) is 15.7. The maximum atomic E-state index is 12.7. The average molecular weight is 308 g/mol. The molecular weight excluding hydrogens is 284 g/mol. The van der Waals surface area contributed by atoms with Gasteiger partial charge < -0.3 is 4.90 Å². The van der Waals surface area contributed by atoms with E-state index in [2.05, 4.69) is 35.2 Å². The fraction of sp³-hybridized carbons (Fsp3) is 0.350. The third-order valence-electron chi connectivity index (χ3n) is 4.38. The Labute approximate surface area is 138 Å². The van der Waals surface area contributed by atoms with Crippen LogP contribution in [0.5, 0.6) is 0 Å². The van der Waals surface area contributed by atoms with Gasteiger partial charge in [-0.1, -0.05) is 47.5 Å². The number of amides is 1. The first-order chi connectivity index (χ1) is 11.1. The molecule has 0 unspecified atom stereocenters. The maximum Gasteiger partial charge on any atom is 0.253 e. The number of carbonyl (C=O) groups excluding carboxylic acids is 1. The van der Waals surface area contributed by atoms with Crippen molar-refractivity contribution in [2.75, 3.05) is 26.2 Å². The lowest BCUT2D eigenvalue weighted by Crippen LogP contribution is -2.48. The molecule has 0 aliphatic carbocycles. The number of hydrogen-bond donors (Lipinski definition) is 0. The molecule has 3 rings (SSSR count). The molecule has 0 spiro atoms. The van der Waals surface area contributed by atoms with Gasteiger partial charge in [-0.05, 0) is 31.5 Å². The summed E-state index contributed by atoms with van der Waals surface area (Å²) in [6.45, 7) is 8.53. The molecule has 3 nitrogen and oxygen atoms in total. The molecule has 23 heavy (non-hydrogen) atoms. The summed E-state index contributed by atoms with van der Waals surface area (Å²) < 4.78 is 0.